The molecule has 0 radical (unpaired) electrons. The lowest BCUT2D eigenvalue weighted by atomic mass is 9.83. The molecule has 0 nitrogen and oxygen atoms in total. The van der Waals surface area contributed by atoms with E-state index in [1.54, 1.807) is 0 Å². The Morgan fingerprint density at radius 2 is 0.591 bits per heavy atom. The lowest BCUT2D eigenvalue weighted by Crippen LogP contribution is -1.92. The molecule has 0 aliphatic rings. The molecular formula is C44H28. The van der Waals surface area contributed by atoms with Crippen LogP contribution in [-0.4, -0.2) is 0 Å². The van der Waals surface area contributed by atoms with E-state index in [9.17, 15) is 0 Å². The molecule has 0 saturated heterocycles. The fraction of sp³-hybridized carbons (Fsp3) is 0. The van der Waals surface area contributed by atoms with Crippen LogP contribution in [0.25, 0.3) is 87.2 Å². The van der Waals surface area contributed by atoms with E-state index in [1.807, 2.05) is 0 Å². The summed E-state index contributed by atoms with van der Waals surface area (Å²) in [5, 5.41) is 12.7. The summed E-state index contributed by atoms with van der Waals surface area (Å²) in [4.78, 5) is 0. The van der Waals surface area contributed by atoms with E-state index in [0.29, 0.717) is 0 Å². The van der Waals surface area contributed by atoms with Gasteiger partial charge < -0.3 is 0 Å². The predicted octanol–water partition coefficient (Wildman–Crippen LogP) is 12.5. The van der Waals surface area contributed by atoms with Crippen molar-refractivity contribution < 1.29 is 0 Å². The normalized spacial score (nSPS) is 11.6. The minimum atomic E-state index is 1.24. The van der Waals surface area contributed by atoms with Crippen LogP contribution in [0.2, 0.25) is 0 Å². The van der Waals surface area contributed by atoms with E-state index in [1.165, 1.54) is 87.2 Å². The highest BCUT2D eigenvalue weighted by molar-refractivity contribution is 6.25. The SMILES string of the molecule is c1ccc2c(-c3ccc4cccc(-c5c6ccccc6c(-c6cccc7ccccc67)c6ccccc56)c4c3)cccc2c1. The second-order valence-electron chi connectivity index (χ2n) is 11.6. The van der Waals surface area contributed by atoms with Gasteiger partial charge in [-0.3, -0.25) is 0 Å². The Hall–Kier alpha value is -5.72. The molecule has 44 heavy (non-hydrogen) atoms. The van der Waals surface area contributed by atoms with Crippen LogP contribution < -0.4 is 0 Å². The summed E-state index contributed by atoms with van der Waals surface area (Å²) in [5.74, 6) is 0. The van der Waals surface area contributed by atoms with Crippen molar-refractivity contribution in [3.05, 3.63) is 170 Å². The van der Waals surface area contributed by atoms with Gasteiger partial charge in [0.15, 0.2) is 0 Å². The zero-order valence-electron chi connectivity index (χ0n) is 24.2. The van der Waals surface area contributed by atoms with Gasteiger partial charge in [-0.25, -0.2) is 0 Å². The molecule has 0 amide bonds. The van der Waals surface area contributed by atoms with Crippen LogP contribution in [0.5, 0.6) is 0 Å². The second-order valence-corrected chi connectivity index (χ2v) is 11.6. The standard InChI is InChI=1S/C44H28/c1-3-17-33-29(12-1)14-9-23-35(33)32-27-26-31-16-11-25-41(42(31)28-32)44-39-21-7-5-19-37(39)43(38-20-6-8-22-40(38)44)36-24-10-15-30-13-2-4-18-34(30)36/h1-28H. The molecule has 204 valence electrons. The molecule has 0 aliphatic heterocycles. The molecule has 0 fully saturated rings. The Morgan fingerprint density at radius 1 is 0.227 bits per heavy atom. The Kier molecular flexibility index (Phi) is 5.61. The van der Waals surface area contributed by atoms with E-state index >= 15 is 0 Å². The van der Waals surface area contributed by atoms with Crippen LogP contribution in [0, 0.1) is 0 Å². The van der Waals surface area contributed by atoms with Crippen LogP contribution in [0.15, 0.2) is 170 Å². The molecular weight excluding hydrogens is 528 g/mol. The summed E-state index contributed by atoms with van der Waals surface area (Å²) in [6.45, 7) is 0. The first-order valence-corrected chi connectivity index (χ1v) is 15.3. The fourth-order valence-electron chi connectivity index (χ4n) is 7.29. The first kappa shape index (κ1) is 24.8. The molecule has 9 rings (SSSR count). The highest BCUT2D eigenvalue weighted by atomic mass is 14.2. The maximum atomic E-state index is 2.40. The molecule has 0 N–H and O–H groups in total. The van der Waals surface area contributed by atoms with Gasteiger partial charge in [-0.2, -0.15) is 0 Å². The molecule has 0 aromatic heterocycles. The first-order valence-electron chi connectivity index (χ1n) is 15.3. The third-order valence-electron chi connectivity index (χ3n) is 9.24. The van der Waals surface area contributed by atoms with Gasteiger partial charge in [0.2, 0.25) is 0 Å². The number of fused-ring (bicyclic) bond motifs is 5. The highest BCUT2D eigenvalue weighted by Gasteiger charge is 2.19. The maximum Gasteiger partial charge on any atom is -0.00201 e. The van der Waals surface area contributed by atoms with Crippen LogP contribution in [0.4, 0.5) is 0 Å². The molecule has 0 heteroatoms. The molecule has 0 spiro atoms. The van der Waals surface area contributed by atoms with Gasteiger partial charge in [-0.05, 0) is 93.3 Å². The van der Waals surface area contributed by atoms with Crippen LogP contribution in [0.1, 0.15) is 0 Å². The first-order chi connectivity index (χ1) is 21.8. The quantitative estimate of drug-likeness (QED) is 0.190. The van der Waals surface area contributed by atoms with Gasteiger partial charge in [0.05, 0.1) is 0 Å². The minimum Gasteiger partial charge on any atom is -0.0616 e. The van der Waals surface area contributed by atoms with Gasteiger partial charge in [0.1, 0.15) is 0 Å². The van der Waals surface area contributed by atoms with Crippen molar-refractivity contribution in [1.29, 1.82) is 0 Å². The summed E-state index contributed by atoms with van der Waals surface area (Å²) in [5.41, 5.74) is 7.64. The van der Waals surface area contributed by atoms with Gasteiger partial charge in [0, 0.05) is 0 Å². The van der Waals surface area contributed by atoms with E-state index in [2.05, 4.69) is 170 Å². The molecule has 0 aliphatic carbocycles. The molecule has 0 atom stereocenters. The van der Waals surface area contributed by atoms with Crippen molar-refractivity contribution >= 4 is 53.9 Å². The molecule has 0 bridgehead atoms. The fourth-order valence-corrected chi connectivity index (χ4v) is 7.29. The van der Waals surface area contributed by atoms with Crippen LogP contribution in [-0.2, 0) is 0 Å². The summed E-state index contributed by atoms with van der Waals surface area (Å²) in [6.07, 6.45) is 0. The van der Waals surface area contributed by atoms with Gasteiger partial charge >= 0.3 is 0 Å². The topological polar surface area (TPSA) is 0 Å². The Labute approximate surface area is 256 Å². The van der Waals surface area contributed by atoms with Crippen molar-refractivity contribution in [3.63, 3.8) is 0 Å². The summed E-state index contributed by atoms with van der Waals surface area (Å²) >= 11 is 0. The number of benzene rings is 9. The molecule has 0 saturated carbocycles. The predicted molar refractivity (Wildman–Crippen MR) is 190 cm³/mol. The van der Waals surface area contributed by atoms with Crippen molar-refractivity contribution in [2.24, 2.45) is 0 Å². The Morgan fingerprint density at radius 3 is 1.11 bits per heavy atom. The van der Waals surface area contributed by atoms with Crippen LogP contribution in [0.3, 0.4) is 0 Å². The van der Waals surface area contributed by atoms with E-state index < -0.39 is 0 Å². The molecule has 9 aromatic rings. The monoisotopic (exact) mass is 556 g/mol. The third kappa shape index (κ3) is 3.78. The van der Waals surface area contributed by atoms with Gasteiger partial charge in [0.25, 0.3) is 0 Å². The summed E-state index contributed by atoms with van der Waals surface area (Å²) < 4.78 is 0. The van der Waals surface area contributed by atoms with E-state index in [-0.39, 0.29) is 0 Å². The third-order valence-corrected chi connectivity index (χ3v) is 9.24. The Balaban J connectivity index is 1.38. The van der Waals surface area contributed by atoms with E-state index in [4.69, 9.17) is 0 Å². The van der Waals surface area contributed by atoms with Crippen LogP contribution >= 0.6 is 0 Å². The molecule has 0 heterocycles. The zero-order chi connectivity index (χ0) is 29.0. The smallest absolute Gasteiger partial charge is 0.00201 e. The number of hydrogen-bond acceptors (Lipinski definition) is 0. The largest absolute Gasteiger partial charge is 0.0616 e. The highest BCUT2D eigenvalue weighted by Crippen LogP contribution is 2.47. The number of hydrogen-bond donors (Lipinski definition) is 0. The summed E-state index contributed by atoms with van der Waals surface area (Å²) in [6, 6.07) is 62.3. The number of rotatable bonds is 3. The lowest BCUT2D eigenvalue weighted by molar-refractivity contribution is 1.66. The average molecular weight is 557 g/mol. The van der Waals surface area contributed by atoms with Gasteiger partial charge in [-0.1, -0.05) is 164 Å². The maximum absolute atomic E-state index is 2.40. The second kappa shape index (κ2) is 9.93. The lowest BCUT2D eigenvalue weighted by Gasteiger charge is -2.20. The summed E-state index contributed by atoms with van der Waals surface area (Å²) in [7, 11) is 0. The minimum absolute atomic E-state index is 1.24. The molecule has 0 unspecified atom stereocenters. The van der Waals surface area contributed by atoms with Crippen molar-refractivity contribution in [2.45, 2.75) is 0 Å². The van der Waals surface area contributed by atoms with Crippen molar-refractivity contribution in [2.75, 3.05) is 0 Å². The van der Waals surface area contributed by atoms with Gasteiger partial charge in [-0.15, -0.1) is 0 Å². The van der Waals surface area contributed by atoms with E-state index in [0.717, 1.165) is 0 Å². The zero-order valence-corrected chi connectivity index (χ0v) is 24.2. The molecule has 9 aromatic carbocycles. The van der Waals surface area contributed by atoms with Crippen molar-refractivity contribution in [3.8, 4) is 33.4 Å². The average Bonchev–Trinajstić information content (AvgIpc) is 3.10. The Bertz CT molecular complexity index is 2480. The van der Waals surface area contributed by atoms with Crippen molar-refractivity contribution in [1.82, 2.24) is 0 Å².